The zero-order valence-electron chi connectivity index (χ0n) is 11.1. The Morgan fingerprint density at radius 2 is 2.14 bits per heavy atom. The molecule has 0 aliphatic rings. The van der Waals surface area contributed by atoms with Crippen LogP contribution in [0.5, 0.6) is 0 Å². The number of aromatic nitrogens is 2. The van der Waals surface area contributed by atoms with E-state index in [1.165, 1.54) is 12.1 Å². The molecule has 0 saturated carbocycles. The van der Waals surface area contributed by atoms with Crippen LogP contribution in [0.1, 0.15) is 6.92 Å². The molecule has 3 N–H and O–H groups in total. The maximum Gasteiger partial charge on any atom is 0.242 e. The minimum Gasteiger partial charge on any atom is -0.396 e. The Kier molecular flexibility index (Phi) is 4.77. The molecule has 1 aromatic heterocycles. The van der Waals surface area contributed by atoms with Crippen LogP contribution in [-0.4, -0.2) is 24.0 Å². The molecule has 2 aromatic rings. The van der Waals surface area contributed by atoms with Gasteiger partial charge in [0.1, 0.15) is 4.90 Å². The van der Waals surface area contributed by atoms with E-state index in [1.807, 2.05) is 0 Å². The number of nitrogens with two attached hydrogens (primary N) is 1. The van der Waals surface area contributed by atoms with Crippen molar-refractivity contribution in [3.63, 3.8) is 0 Å². The third kappa shape index (κ3) is 3.68. The summed E-state index contributed by atoms with van der Waals surface area (Å²) in [6.45, 7) is 2.19. The highest BCUT2D eigenvalue weighted by Crippen LogP contribution is 2.33. The molecule has 0 amide bonds. The van der Waals surface area contributed by atoms with Crippen LogP contribution < -0.4 is 10.5 Å². The van der Waals surface area contributed by atoms with Gasteiger partial charge in [-0.15, -0.1) is 0 Å². The molecule has 1 unspecified atom stereocenters. The predicted octanol–water partition coefficient (Wildman–Crippen LogP) is 2.14. The molecule has 21 heavy (non-hydrogen) atoms. The third-order valence-electron chi connectivity index (χ3n) is 2.78. The van der Waals surface area contributed by atoms with Crippen LogP contribution in [-0.2, 0) is 16.6 Å². The van der Waals surface area contributed by atoms with Gasteiger partial charge in [0, 0.05) is 25.0 Å². The Morgan fingerprint density at radius 3 is 2.76 bits per heavy atom. The van der Waals surface area contributed by atoms with Gasteiger partial charge >= 0.3 is 0 Å². The summed E-state index contributed by atoms with van der Waals surface area (Å²) in [6, 6.07) is 2.38. The van der Waals surface area contributed by atoms with E-state index in [0.717, 1.165) is 0 Å². The molecular weight excluding hydrogens is 335 g/mol. The summed E-state index contributed by atoms with van der Waals surface area (Å²) < 4.78 is 29.0. The van der Waals surface area contributed by atoms with Crippen molar-refractivity contribution in [2.24, 2.45) is 0 Å². The molecule has 0 spiro atoms. The van der Waals surface area contributed by atoms with E-state index in [-0.39, 0.29) is 26.7 Å². The highest BCUT2D eigenvalue weighted by molar-refractivity contribution is 7.89. The summed E-state index contributed by atoms with van der Waals surface area (Å²) in [5.74, 6) is 0. The quantitative estimate of drug-likeness (QED) is 0.810. The number of hydrogen-bond acceptors (Lipinski definition) is 4. The van der Waals surface area contributed by atoms with Crippen molar-refractivity contribution in [1.29, 1.82) is 0 Å². The number of rotatable bonds is 5. The second kappa shape index (κ2) is 6.23. The lowest BCUT2D eigenvalue weighted by Gasteiger charge is -2.16. The normalized spacial score (nSPS) is 13.3. The fourth-order valence-electron chi connectivity index (χ4n) is 1.83. The summed E-state index contributed by atoms with van der Waals surface area (Å²) in [5.41, 5.74) is 5.70. The Bertz CT molecular complexity index is 732. The van der Waals surface area contributed by atoms with Crippen LogP contribution >= 0.6 is 23.2 Å². The number of sulfonamides is 1. The maximum atomic E-state index is 12.3. The summed E-state index contributed by atoms with van der Waals surface area (Å²) in [6.07, 6.45) is 4.98. The number of nitrogens with zero attached hydrogens (tertiary/aromatic N) is 2. The molecule has 0 fully saturated rings. The standard InChI is InChI=1S/C12H14Cl2N4O2S/c1-8(6-18-5-4-16-7-18)17-21(19,20)10-3-2-9(13)12(15)11(10)14/h2-5,7-8,17H,6,15H2,1H3. The van der Waals surface area contributed by atoms with Crippen LogP contribution in [0.2, 0.25) is 10.0 Å². The van der Waals surface area contributed by atoms with Gasteiger partial charge in [0.25, 0.3) is 0 Å². The van der Waals surface area contributed by atoms with Crippen molar-refractivity contribution in [2.75, 3.05) is 5.73 Å². The lowest BCUT2D eigenvalue weighted by Crippen LogP contribution is -2.35. The predicted molar refractivity (Wildman–Crippen MR) is 82.9 cm³/mol. The molecule has 2 rings (SSSR count). The van der Waals surface area contributed by atoms with E-state index < -0.39 is 10.0 Å². The Morgan fingerprint density at radius 1 is 1.43 bits per heavy atom. The Hall–Kier alpha value is -1.28. The maximum absolute atomic E-state index is 12.3. The van der Waals surface area contributed by atoms with Crippen LogP contribution in [0.15, 0.2) is 35.7 Å². The lowest BCUT2D eigenvalue weighted by molar-refractivity contribution is 0.520. The van der Waals surface area contributed by atoms with E-state index in [9.17, 15) is 8.42 Å². The van der Waals surface area contributed by atoms with Gasteiger partial charge in [-0.25, -0.2) is 18.1 Å². The summed E-state index contributed by atoms with van der Waals surface area (Å²) >= 11 is 11.8. The van der Waals surface area contributed by atoms with Crippen molar-refractivity contribution in [2.45, 2.75) is 24.4 Å². The minimum absolute atomic E-state index is 0.0449. The fourth-order valence-corrected chi connectivity index (χ4v) is 3.83. The molecule has 1 atom stereocenters. The smallest absolute Gasteiger partial charge is 0.242 e. The number of imidazole rings is 1. The zero-order valence-corrected chi connectivity index (χ0v) is 13.5. The topological polar surface area (TPSA) is 90.0 Å². The van der Waals surface area contributed by atoms with Gasteiger partial charge in [-0.05, 0) is 19.1 Å². The zero-order chi connectivity index (χ0) is 15.6. The largest absolute Gasteiger partial charge is 0.396 e. The van der Waals surface area contributed by atoms with E-state index in [0.29, 0.717) is 6.54 Å². The van der Waals surface area contributed by atoms with E-state index in [1.54, 1.807) is 30.2 Å². The molecule has 114 valence electrons. The van der Waals surface area contributed by atoms with Crippen molar-refractivity contribution in [3.05, 3.63) is 40.9 Å². The molecule has 9 heteroatoms. The van der Waals surface area contributed by atoms with Gasteiger partial charge in [0.15, 0.2) is 0 Å². The monoisotopic (exact) mass is 348 g/mol. The Labute approximate surface area is 132 Å². The first kappa shape index (κ1) is 16.1. The molecule has 0 aliphatic heterocycles. The van der Waals surface area contributed by atoms with Gasteiger partial charge in [-0.2, -0.15) is 0 Å². The first-order chi connectivity index (χ1) is 9.81. The molecule has 1 aromatic carbocycles. The molecule has 0 radical (unpaired) electrons. The van der Waals surface area contributed by atoms with Gasteiger partial charge in [-0.3, -0.25) is 0 Å². The number of halogens is 2. The van der Waals surface area contributed by atoms with Crippen molar-refractivity contribution in [1.82, 2.24) is 14.3 Å². The highest BCUT2D eigenvalue weighted by atomic mass is 35.5. The SMILES string of the molecule is CC(Cn1ccnc1)NS(=O)(=O)c1ccc(Cl)c(N)c1Cl. The molecule has 1 heterocycles. The fraction of sp³-hybridized carbons (Fsp3) is 0.250. The molecule has 0 saturated heterocycles. The molecule has 0 aliphatic carbocycles. The second-order valence-electron chi connectivity index (χ2n) is 4.55. The van der Waals surface area contributed by atoms with Crippen LogP contribution in [0, 0.1) is 0 Å². The van der Waals surface area contributed by atoms with Crippen molar-refractivity contribution in [3.8, 4) is 0 Å². The van der Waals surface area contributed by atoms with Crippen molar-refractivity contribution < 1.29 is 8.42 Å². The van der Waals surface area contributed by atoms with Crippen LogP contribution in [0.3, 0.4) is 0 Å². The van der Waals surface area contributed by atoms with Gasteiger partial charge in [0.2, 0.25) is 10.0 Å². The van der Waals surface area contributed by atoms with E-state index in [2.05, 4.69) is 9.71 Å². The van der Waals surface area contributed by atoms with Gasteiger partial charge in [0.05, 0.1) is 22.1 Å². The highest BCUT2D eigenvalue weighted by Gasteiger charge is 2.22. The lowest BCUT2D eigenvalue weighted by atomic mass is 10.3. The number of nitrogens with one attached hydrogen (secondary N) is 1. The van der Waals surface area contributed by atoms with Crippen LogP contribution in [0.25, 0.3) is 0 Å². The molecule has 6 nitrogen and oxygen atoms in total. The number of benzene rings is 1. The third-order valence-corrected chi connectivity index (χ3v) is 5.26. The second-order valence-corrected chi connectivity index (χ2v) is 7.02. The summed E-state index contributed by atoms with van der Waals surface area (Å²) in [7, 11) is -3.79. The van der Waals surface area contributed by atoms with Gasteiger partial charge < -0.3 is 10.3 Å². The van der Waals surface area contributed by atoms with Crippen molar-refractivity contribution >= 4 is 38.9 Å². The van der Waals surface area contributed by atoms with Gasteiger partial charge in [-0.1, -0.05) is 23.2 Å². The average molecular weight is 349 g/mol. The first-order valence-electron chi connectivity index (χ1n) is 6.03. The average Bonchev–Trinajstić information content (AvgIpc) is 2.87. The Balaban J connectivity index is 2.20. The number of hydrogen-bond donors (Lipinski definition) is 2. The van der Waals surface area contributed by atoms with Crippen LogP contribution in [0.4, 0.5) is 5.69 Å². The minimum atomic E-state index is -3.79. The first-order valence-corrected chi connectivity index (χ1v) is 8.26. The molecular formula is C12H14Cl2N4O2S. The van der Waals surface area contributed by atoms with E-state index in [4.69, 9.17) is 28.9 Å². The summed E-state index contributed by atoms with van der Waals surface area (Å²) in [5, 5.41) is 0.134. The van der Waals surface area contributed by atoms with E-state index >= 15 is 0 Å². The molecule has 0 bridgehead atoms. The summed E-state index contributed by atoms with van der Waals surface area (Å²) in [4.78, 5) is 3.80. The number of nitrogen functional groups attached to an aromatic ring is 1. The number of anilines is 1.